The second-order valence-electron chi connectivity index (χ2n) is 4.81. The maximum Gasteiger partial charge on any atom is 0.373 e. The van der Waals surface area contributed by atoms with Crippen molar-refractivity contribution in [1.82, 2.24) is 4.90 Å². The summed E-state index contributed by atoms with van der Waals surface area (Å²) in [5, 5.41) is 0. The molecule has 1 aromatic carbocycles. The zero-order valence-electron chi connectivity index (χ0n) is 11.1. The highest BCUT2D eigenvalue weighted by molar-refractivity contribution is 6.36. The molecule has 1 unspecified atom stereocenters. The molecule has 0 spiro atoms. The molecule has 1 aliphatic rings. The number of carbonyl (C=O) groups is 1. The Kier molecular flexibility index (Phi) is 4.87. The zero-order valence-corrected chi connectivity index (χ0v) is 11.9. The molecular weight excluding hydrogens is 266 g/mol. The number of amides is 1. The van der Waals surface area contributed by atoms with Gasteiger partial charge in [0.15, 0.2) is 0 Å². The predicted molar refractivity (Wildman–Crippen MR) is 70.8 cm³/mol. The summed E-state index contributed by atoms with van der Waals surface area (Å²) in [4.78, 5) is 29.0. The molecule has 0 saturated carbocycles. The Morgan fingerprint density at radius 2 is 1.79 bits per heavy atom. The monoisotopic (exact) mass is 281 g/mol. The number of likely N-dealkylation sites (N-methyl/N-ethyl adjacent to an activating group) is 1. The largest absolute Gasteiger partial charge is 0.373 e. The molecule has 2 atom stereocenters. The van der Waals surface area contributed by atoms with E-state index in [1.165, 1.54) is 5.56 Å². The maximum atomic E-state index is 11.9. The number of hydrogen-bond acceptors (Lipinski definition) is 3. The van der Waals surface area contributed by atoms with Gasteiger partial charge in [0.05, 0.1) is 0 Å². The Bertz CT molecular complexity index is 490. The summed E-state index contributed by atoms with van der Waals surface area (Å²) in [6.07, 6.45) is 0.250. The summed E-state index contributed by atoms with van der Waals surface area (Å²) in [5.41, 5.74) is 2.36. The van der Waals surface area contributed by atoms with Crippen LogP contribution in [0.25, 0.3) is 0 Å². The highest BCUT2D eigenvalue weighted by Crippen LogP contribution is 2.40. The van der Waals surface area contributed by atoms with E-state index >= 15 is 0 Å². The SMILES string of the molecule is Cc1ccc([C@@H]2CN(C)C(=O)C2(C)Cl)cc1.O=C=O. The fraction of sp³-hybridized carbons (Fsp3) is 0.429. The second kappa shape index (κ2) is 6.00. The van der Waals surface area contributed by atoms with Crippen molar-refractivity contribution < 1.29 is 14.4 Å². The summed E-state index contributed by atoms with van der Waals surface area (Å²) in [5.74, 6) is 0.0898. The number of hydrogen-bond donors (Lipinski definition) is 0. The molecule has 0 aliphatic carbocycles. The molecule has 1 aromatic rings. The van der Waals surface area contributed by atoms with Crippen LogP contribution in [0.2, 0.25) is 0 Å². The van der Waals surface area contributed by atoms with Gasteiger partial charge in [0.1, 0.15) is 4.87 Å². The molecule has 102 valence electrons. The minimum absolute atomic E-state index is 0.0136. The average Bonchev–Trinajstić information content (AvgIpc) is 2.55. The number of nitrogens with zero attached hydrogens (tertiary/aromatic N) is 1. The molecule has 0 N–H and O–H groups in total. The summed E-state index contributed by atoms with van der Waals surface area (Å²) in [7, 11) is 1.80. The number of alkyl halides is 1. The lowest BCUT2D eigenvalue weighted by Gasteiger charge is -2.21. The Labute approximate surface area is 117 Å². The number of likely N-dealkylation sites (tertiary alicyclic amines) is 1. The van der Waals surface area contributed by atoms with Gasteiger partial charge < -0.3 is 4.90 Å². The molecule has 0 aromatic heterocycles. The smallest absolute Gasteiger partial charge is 0.344 e. The number of halogens is 1. The average molecular weight is 282 g/mol. The van der Waals surface area contributed by atoms with Gasteiger partial charge in [-0.2, -0.15) is 9.59 Å². The van der Waals surface area contributed by atoms with Gasteiger partial charge in [0, 0.05) is 19.5 Å². The van der Waals surface area contributed by atoms with E-state index in [2.05, 4.69) is 31.2 Å². The molecule has 1 fully saturated rings. The van der Waals surface area contributed by atoms with Crippen molar-refractivity contribution in [3.8, 4) is 0 Å². The van der Waals surface area contributed by atoms with Gasteiger partial charge in [-0.25, -0.2) is 0 Å². The second-order valence-corrected chi connectivity index (χ2v) is 5.59. The summed E-state index contributed by atoms with van der Waals surface area (Å²) in [6.45, 7) is 4.56. The van der Waals surface area contributed by atoms with Crippen molar-refractivity contribution in [2.24, 2.45) is 0 Å². The number of rotatable bonds is 1. The van der Waals surface area contributed by atoms with E-state index in [1.807, 2.05) is 6.92 Å². The molecule has 0 radical (unpaired) electrons. The van der Waals surface area contributed by atoms with Gasteiger partial charge in [-0.05, 0) is 19.4 Å². The third kappa shape index (κ3) is 3.22. The van der Waals surface area contributed by atoms with Crippen LogP contribution in [0.5, 0.6) is 0 Å². The maximum absolute atomic E-state index is 11.9. The zero-order chi connectivity index (χ0) is 14.6. The highest BCUT2D eigenvalue weighted by atomic mass is 35.5. The fourth-order valence-corrected chi connectivity index (χ4v) is 2.61. The van der Waals surface area contributed by atoms with Crippen molar-refractivity contribution in [2.75, 3.05) is 13.6 Å². The predicted octanol–water partition coefficient (Wildman–Crippen LogP) is 1.96. The van der Waals surface area contributed by atoms with E-state index in [0.717, 1.165) is 5.56 Å². The lowest BCUT2D eigenvalue weighted by atomic mass is 9.89. The van der Waals surface area contributed by atoms with Crippen LogP contribution < -0.4 is 0 Å². The van der Waals surface area contributed by atoms with Crippen molar-refractivity contribution in [3.05, 3.63) is 35.4 Å². The van der Waals surface area contributed by atoms with Crippen molar-refractivity contribution >= 4 is 23.7 Å². The third-order valence-corrected chi connectivity index (χ3v) is 3.78. The topological polar surface area (TPSA) is 54.5 Å². The quantitative estimate of drug-likeness (QED) is 0.740. The Hall–Kier alpha value is -1.64. The van der Waals surface area contributed by atoms with E-state index in [-0.39, 0.29) is 18.0 Å². The molecule has 2 rings (SSSR count). The molecule has 1 saturated heterocycles. The lowest BCUT2D eigenvalue weighted by Crippen LogP contribution is -2.32. The van der Waals surface area contributed by atoms with Gasteiger partial charge in [-0.3, -0.25) is 4.79 Å². The Morgan fingerprint density at radius 1 is 1.32 bits per heavy atom. The van der Waals surface area contributed by atoms with Crippen LogP contribution in [0.3, 0.4) is 0 Å². The van der Waals surface area contributed by atoms with Crippen molar-refractivity contribution in [3.63, 3.8) is 0 Å². The van der Waals surface area contributed by atoms with Crippen LogP contribution in [-0.4, -0.2) is 35.4 Å². The van der Waals surface area contributed by atoms with E-state index in [4.69, 9.17) is 21.2 Å². The molecule has 0 bridgehead atoms. The van der Waals surface area contributed by atoms with E-state index in [9.17, 15) is 4.79 Å². The molecule has 1 aliphatic heterocycles. The van der Waals surface area contributed by atoms with Gasteiger partial charge in [0.2, 0.25) is 5.91 Å². The molecular formula is C14H16ClNO3. The molecule has 19 heavy (non-hydrogen) atoms. The number of aryl methyl sites for hydroxylation is 1. The normalized spacial score (nSPS) is 25.6. The van der Waals surface area contributed by atoms with Crippen LogP contribution in [-0.2, 0) is 14.4 Å². The molecule has 1 amide bonds. The third-order valence-electron chi connectivity index (χ3n) is 3.36. The standard InChI is InChI=1S/C13H16ClNO.CO2/c1-9-4-6-10(7-5-9)11-8-15(3)12(16)13(11,2)14;2-1-3/h4-7,11H,8H2,1-3H3;/t11-,13?;/m0./s1. The Balaban J connectivity index is 0.000000550. The van der Waals surface area contributed by atoms with Crippen molar-refractivity contribution in [2.45, 2.75) is 24.6 Å². The van der Waals surface area contributed by atoms with Crippen LogP contribution >= 0.6 is 11.6 Å². The number of benzene rings is 1. The molecule has 4 nitrogen and oxygen atoms in total. The highest BCUT2D eigenvalue weighted by Gasteiger charge is 2.48. The van der Waals surface area contributed by atoms with Gasteiger partial charge in [-0.15, -0.1) is 11.6 Å². The van der Waals surface area contributed by atoms with Crippen LogP contribution in [0.4, 0.5) is 0 Å². The van der Waals surface area contributed by atoms with E-state index in [0.29, 0.717) is 6.54 Å². The minimum Gasteiger partial charge on any atom is -0.344 e. The lowest BCUT2D eigenvalue weighted by molar-refractivity contribution is -0.191. The number of carbonyl (C=O) groups excluding carboxylic acids is 3. The molecule has 1 heterocycles. The van der Waals surface area contributed by atoms with Gasteiger partial charge >= 0.3 is 6.15 Å². The van der Waals surface area contributed by atoms with Gasteiger partial charge in [0.25, 0.3) is 0 Å². The summed E-state index contributed by atoms with van der Waals surface area (Å²) in [6, 6.07) is 8.25. The van der Waals surface area contributed by atoms with Crippen LogP contribution in [0.15, 0.2) is 24.3 Å². The van der Waals surface area contributed by atoms with Crippen LogP contribution in [0.1, 0.15) is 24.0 Å². The van der Waals surface area contributed by atoms with E-state index in [1.54, 1.807) is 11.9 Å². The first-order chi connectivity index (χ1) is 8.84. The summed E-state index contributed by atoms with van der Waals surface area (Å²) >= 11 is 6.36. The first-order valence-corrected chi connectivity index (χ1v) is 6.22. The first kappa shape index (κ1) is 15.4. The fourth-order valence-electron chi connectivity index (χ4n) is 2.27. The van der Waals surface area contributed by atoms with Crippen LogP contribution in [0, 0.1) is 6.92 Å². The first-order valence-electron chi connectivity index (χ1n) is 5.85. The summed E-state index contributed by atoms with van der Waals surface area (Å²) < 4.78 is 0. The van der Waals surface area contributed by atoms with E-state index < -0.39 is 4.87 Å². The van der Waals surface area contributed by atoms with Crippen molar-refractivity contribution in [1.29, 1.82) is 0 Å². The minimum atomic E-state index is -0.802. The Morgan fingerprint density at radius 3 is 2.16 bits per heavy atom. The molecule has 5 heteroatoms. The van der Waals surface area contributed by atoms with Gasteiger partial charge in [-0.1, -0.05) is 29.8 Å².